The van der Waals surface area contributed by atoms with Crippen molar-refractivity contribution in [2.24, 2.45) is 0 Å². The molecule has 2 N–H and O–H groups in total. The molecule has 31 heavy (non-hydrogen) atoms. The number of amides is 1. The topological polar surface area (TPSA) is 91.2 Å². The molecule has 1 atom stereocenters. The highest BCUT2D eigenvalue weighted by molar-refractivity contribution is 7.03. The first-order chi connectivity index (χ1) is 14.7. The minimum Gasteiger partial charge on any atom is -0.395 e. The summed E-state index contributed by atoms with van der Waals surface area (Å²) in [6, 6.07) is 5.63. The monoisotopic (exact) mass is 451 g/mol. The van der Waals surface area contributed by atoms with Gasteiger partial charge in [-0.25, -0.2) is 19.4 Å². The fraction of sp³-hybridized carbons (Fsp3) is 0.300. The third-order valence-corrected chi connectivity index (χ3v) is 5.13. The lowest BCUT2D eigenvalue weighted by Crippen LogP contribution is -2.48. The van der Waals surface area contributed by atoms with Crippen LogP contribution in [0.25, 0.3) is 22.6 Å². The van der Waals surface area contributed by atoms with E-state index in [9.17, 15) is 23.1 Å². The molecule has 11 heteroatoms. The summed E-state index contributed by atoms with van der Waals surface area (Å²) >= 11 is 1.18. The highest BCUT2D eigenvalue weighted by atomic mass is 32.1. The van der Waals surface area contributed by atoms with Gasteiger partial charge in [-0.3, -0.25) is 10.2 Å². The maximum atomic E-state index is 12.9. The van der Waals surface area contributed by atoms with Gasteiger partial charge in [-0.2, -0.15) is 13.2 Å². The predicted molar refractivity (Wildman–Crippen MR) is 110 cm³/mol. The second-order valence-corrected chi connectivity index (χ2v) is 7.37. The fourth-order valence-corrected chi connectivity index (χ4v) is 3.29. The number of hydrazine groups is 1. The maximum Gasteiger partial charge on any atom is 0.416 e. The van der Waals surface area contributed by atoms with E-state index in [-0.39, 0.29) is 24.2 Å². The zero-order valence-electron chi connectivity index (χ0n) is 16.7. The third kappa shape index (κ3) is 5.43. The Morgan fingerprint density at radius 3 is 2.48 bits per heavy atom. The van der Waals surface area contributed by atoms with Gasteiger partial charge in [0, 0.05) is 29.1 Å². The minimum absolute atomic E-state index is 0.0367. The Balaban J connectivity index is 2.00. The molecular weight excluding hydrogens is 431 g/mol. The van der Waals surface area contributed by atoms with Gasteiger partial charge in [-0.1, -0.05) is 19.1 Å². The lowest BCUT2D eigenvalue weighted by molar-refractivity contribution is -0.137. The maximum absolute atomic E-state index is 12.9. The average molecular weight is 451 g/mol. The first-order valence-electron chi connectivity index (χ1n) is 9.38. The zero-order chi connectivity index (χ0) is 22.6. The minimum atomic E-state index is -4.45. The summed E-state index contributed by atoms with van der Waals surface area (Å²) in [5, 5.41) is 12.6. The number of nitrogens with one attached hydrogen (secondary N) is 1. The number of hydrogen-bond donors (Lipinski definition) is 2. The quantitative estimate of drug-likeness (QED) is 0.533. The van der Waals surface area contributed by atoms with Gasteiger partial charge in [0.1, 0.15) is 5.69 Å². The van der Waals surface area contributed by atoms with Gasteiger partial charge in [0.15, 0.2) is 5.82 Å². The van der Waals surface area contributed by atoms with Crippen molar-refractivity contribution in [3.63, 3.8) is 0 Å². The molecule has 1 unspecified atom stereocenters. The normalized spacial score (nSPS) is 12.7. The van der Waals surface area contributed by atoms with Crippen molar-refractivity contribution in [1.29, 1.82) is 0 Å². The summed E-state index contributed by atoms with van der Waals surface area (Å²) in [6.45, 7) is 3.87. The van der Waals surface area contributed by atoms with Crippen LogP contribution in [0.15, 0.2) is 41.9 Å². The van der Waals surface area contributed by atoms with Gasteiger partial charge >= 0.3 is 6.18 Å². The number of nitrogens with zero attached hydrogens (tertiary/aromatic N) is 4. The molecular formula is C20H20F3N5O2S. The molecule has 7 nitrogen and oxygen atoms in total. The second-order valence-electron chi connectivity index (χ2n) is 6.71. The summed E-state index contributed by atoms with van der Waals surface area (Å²) < 4.78 is 42.7. The molecule has 0 radical (unpaired) electrons. The second kappa shape index (κ2) is 9.50. The number of aromatic nitrogens is 3. The number of aliphatic hydroxyl groups is 1. The molecule has 2 aromatic heterocycles. The lowest BCUT2D eigenvalue weighted by atomic mass is 10.1. The largest absolute Gasteiger partial charge is 0.416 e. The Morgan fingerprint density at radius 1 is 1.23 bits per heavy atom. The van der Waals surface area contributed by atoms with E-state index in [1.807, 2.05) is 6.92 Å². The fourth-order valence-electron chi connectivity index (χ4n) is 2.77. The molecule has 0 aliphatic rings. The van der Waals surface area contributed by atoms with Crippen LogP contribution in [0.2, 0.25) is 0 Å². The molecule has 0 saturated carbocycles. The number of rotatable bonds is 7. The van der Waals surface area contributed by atoms with Gasteiger partial charge in [-0.05, 0) is 36.7 Å². The molecule has 3 rings (SSSR count). The zero-order valence-corrected chi connectivity index (χ0v) is 17.5. The standard InChI is InChI=1S/C20H20F3N5O2S/c1-3-28(12(2)10-29)27-19(30)17-8-16(25-18(26-17)14-9-24-31-11-14)13-4-6-15(7-5-13)20(21,22)23/h4-9,11-12,29H,3,10H2,1-2H3,(H,27,30). The van der Waals surface area contributed by atoms with Crippen LogP contribution in [-0.2, 0) is 6.18 Å². The number of alkyl halides is 3. The van der Waals surface area contributed by atoms with Crippen molar-refractivity contribution in [3.8, 4) is 22.6 Å². The van der Waals surface area contributed by atoms with E-state index in [2.05, 4.69) is 19.8 Å². The van der Waals surface area contributed by atoms with Crippen LogP contribution in [0, 0.1) is 0 Å². The lowest BCUT2D eigenvalue weighted by Gasteiger charge is -2.26. The molecule has 0 spiro atoms. The molecule has 0 bridgehead atoms. The average Bonchev–Trinajstić information content (AvgIpc) is 3.31. The van der Waals surface area contributed by atoms with Crippen LogP contribution < -0.4 is 5.43 Å². The molecule has 3 aromatic rings. The number of carbonyl (C=O) groups excluding carboxylic acids is 1. The van der Waals surface area contributed by atoms with Crippen LogP contribution in [0.3, 0.4) is 0 Å². The SMILES string of the molecule is CCN(NC(=O)c1cc(-c2ccc(C(F)(F)F)cc2)nc(-c2cnsc2)n1)C(C)CO. The van der Waals surface area contributed by atoms with Crippen LogP contribution >= 0.6 is 11.5 Å². The third-order valence-electron chi connectivity index (χ3n) is 4.54. The summed E-state index contributed by atoms with van der Waals surface area (Å²) in [7, 11) is 0. The highest BCUT2D eigenvalue weighted by Gasteiger charge is 2.30. The number of likely N-dealkylation sites (N-methyl/N-ethyl adjacent to an activating group) is 1. The molecule has 2 heterocycles. The summed E-state index contributed by atoms with van der Waals surface area (Å²) in [5.41, 5.74) is 3.25. The van der Waals surface area contributed by atoms with E-state index in [1.54, 1.807) is 23.5 Å². The Morgan fingerprint density at radius 2 is 1.94 bits per heavy atom. The molecule has 1 aromatic carbocycles. The Hall–Kier alpha value is -2.89. The van der Waals surface area contributed by atoms with E-state index in [4.69, 9.17) is 0 Å². The molecule has 0 aliphatic heterocycles. The number of aliphatic hydroxyl groups excluding tert-OH is 1. The summed E-state index contributed by atoms with van der Waals surface area (Å²) in [4.78, 5) is 21.6. The number of halogens is 3. The van der Waals surface area contributed by atoms with E-state index in [1.165, 1.54) is 29.7 Å². The van der Waals surface area contributed by atoms with E-state index < -0.39 is 17.6 Å². The van der Waals surface area contributed by atoms with Gasteiger partial charge in [0.2, 0.25) is 0 Å². The molecule has 164 valence electrons. The first-order valence-corrected chi connectivity index (χ1v) is 10.2. The van der Waals surface area contributed by atoms with Crippen molar-refractivity contribution < 1.29 is 23.1 Å². The van der Waals surface area contributed by atoms with Crippen LogP contribution in [0.5, 0.6) is 0 Å². The van der Waals surface area contributed by atoms with Crippen molar-refractivity contribution in [3.05, 3.63) is 53.2 Å². The first kappa shape index (κ1) is 22.8. The van der Waals surface area contributed by atoms with Crippen molar-refractivity contribution >= 4 is 17.4 Å². The number of carbonyl (C=O) groups is 1. The van der Waals surface area contributed by atoms with E-state index in [0.717, 1.165) is 12.1 Å². The van der Waals surface area contributed by atoms with Gasteiger partial charge in [0.25, 0.3) is 5.91 Å². The Kier molecular flexibility index (Phi) is 6.98. The molecule has 1 amide bonds. The van der Waals surface area contributed by atoms with Crippen molar-refractivity contribution in [1.82, 2.24) is 24.8 Å². The van der Waals surface area contributed by atoms with Crippen molar-refractivity contribution in [2.75, 3.05) is 13.2 Å². The molecule has 0 saturated heterocycles. The number of hydrogen-bond acceptors (Lipinski definition) is 7. The van der Waals surface area contributed by atoms with Gasteiger partial charge < -0.3 is 5.11 Å². The smallest absolute Gasteiger partial charge is 0.395 e. The van der Waals surface area contributed by atoms with Gasteiger partial charge in [-0.15, -0.1) is 0 Å². The van der Waals surface area contributed by atoms with E-state index in [0.29, 0.717) is 23.4 Å². The van der Waals surface area contributed by atoms with Crippen LogP contribution in [-0.4, -0.2) is 49.6 Å². The van der Waals surface area contributed by atoms with Crippen molar-refractivity contribution in [2.45, 2.75) is 26.1 Å². The molecule has 0 fully saturated rings. The predicted octanol–water partition coefficient (Wildman–Crippen LogP) is 3.63. The van der Waals surface area contributed by atoms with Crippen LogP contribution in [0.1, 0.15) is 29.9 Å². The van der Waals surface area contributed by atoms with Crippen LogP contribution in [0.4, 0.5) is 13.2 Å². The Bertz CT molecular complexity index is 1030. The Labute approximate surface area is 180 Å². The highest BCUT2D eigenvalue weighted by Crippen LogP contribution is 2.31. The van der Waals surface area contributed by atoms with E-state index >= 15 is 0 Å². The summed E-state index contributed by atoms with van der Waals surface area (Å²) in [6.07, 6.45) is -2.90. The molecule has 0 aliphatic carbocycles. The summed E-state index contributed by atoms with van der Waals surface area (Å²) in [5.74, 6) is -0.295. The number of benzene rings is 1. The van der Waals surface area contributed by atoms with Gasteiger partial charge in [0.05, 0.1) is 24.1 Å².